The quantitative estimate of drug-likeness (QED) is 0.605. The standard InChI is InChI=1S/C12H16ClN/c1-9(12(2,3)4)14-11-7-5-10(13)6-8-11/h5-8H,1-4H3. The molecule has 0 fully saturated rings. The third kappa shape index (κ3) is 3.15. The summed E-state index contributed by atoms with van der Waals surface area (Å²) >= 11 is 5.79. The molecule has 76 valence electrons. The largest absolute Gasteiger partial charge is 0.258 e. The van der Waals surface area contributed by atoms with E-state index in [4.69, 9.17) is 11.6 Å². The van der Waals surface area contributed by atoms with Gasteiger partial charge in [0.25, 0.3) is 0 Å². The minimum atomic E-state index is 0.125. The van der Waals surface area contributed by atoms with Crippen molar-refractivity contribution < 1.29 is 0 Å². The van der Waals surface area contributed by atoms with E-state index < -0.39 is 0 Å². The fraction of sp³-hybridized carbons (Fsp3) is 0.417. The number of aliphatic imine (C=N–C) groups is 1. The number of rotatable bonds is 1. The highest BCUT2D eigenvalue weighted by atomic mass is 35.5. The van der Waals surface area contributed by atoms with Gasteiger partial charge in [-0.2, -0.15) is 0 Å². The van der Waals surface area contributed by atoms with Crippen molar-refractivity contribution in [3.8, 4) is 0 Å². The Bertz CT molecular complexity index is 330. The molecule has 1 aromatic rings. The molecule has 0 bridgehead atoms. The number of nitrogens with zero attached hydrogens (tertiary/aromatic N) is 1. The Morgan fingerprint density at radius 1 is 1.14 bits per heavy atom. The van der Waals surface area contributed by atoms with Gasteiger partial charge in [-0.25, -0.2) is 0 Å². The van der Waals surface area contributed by atoms with E-state index in [2.05, 4.69) is 32.7 Å². The van der Waals surface area contributed by atoms with E-state index in [1.165, 1.54) is 0 Å². The summed E-state index contributed by atoms with van der Waals surface area (Å²) in [5.41, 5.74) is 2.21. The fourth-order valence-electron chi connectivity index (χ4n) is 0.877. The Hall–Kier alpha value is -0.820. The van der Waals surface area contributed by atoms with E-state index in [1.54, 1.807) is 0 Å². The molecule has 14 heavy (non-hydrogen) atoms. The molecule has 2 heteroatoms. The number of hydrogen-bond donors (Lipinski definition) is 0. The van der Waals surface area contributed by atoms with Gasteiger partial charge in [0.05, 0.1) is 5.69 Å². The predicted molar refractivity (Wildman–Crippen MR) is 63.7 cm³/mol. The van der Waals surface area contributed by atoms with Crippen molar-refractivity contribution in [1.29, 1.82) is 0 Å². The van der Waals surface area contributed by atoms with Crippen LogP contribution in [0.1, 0.15) is 27.7 Å². The van der Waals surface area contributed by atoms with Gasteiger partial charge in [0.2, 0.25) is 0 Å². The third-order valence-electron chi connectivity index (χ3n) is 2.21. The van der Waals surface area contributed by atoms with Crippen LogP contribution in [0.3, 0.4) is 0 Å². The van der Waals surface area contributed by atoms with Crippen LogP contribution in [0.25, 0.3) is 0 Å². The minimum absolute atomic E-state index is 0.125. The lowest BCUT2D eigenvalue weighted by atomic mass is 9.91. The van der Waals surface area contributed by atoms with Crippen LogP contribution in [0.5, 0.6) is 0 Å². The van der Waals surface area contributed by atoms with Crippen LogP contribution in [0.2, 0.25) is 5.02 Å². The average Bonchev–Trinajstić information content (AvgIpc) is 2.07. The van der Waals surface area contributed by atoms with Crippen LogP contribution in [-0.2, 0) is 0 Å². The number of halogens is 1. The van der Waals surface area contributed by atoms with E-state index in [0.717, 1.165) is 16.4 Å². The van der Waals surface area contributed by atoms with Gasteiger partial charge in [0, 0.05) is 10.7 Å². The summed E-state index contributed by atoms with van der Waals surface area (Å²) in [4.78, 5) is 4.53. The van der Waals surface area contributed by atoms with Crippen LogP contribution >= 0.6 is 11.6 Å². The summed E-state index contributed by atoms with van der Waals surface area (Å²) < 4.78 is 0. The third-order valence-corrected chi connectivity index (χ3v) is 2.46. The zero-order valence-corrected chi connectivity index (χ0v) is 9.89. The Labute approximate surface area is 90.8 Å². The molecule has 1 aromatic carbocycles. The fourth-order valence-corrected chi connectivity index (χ4v) is 1.00. The molecule has 0 amide bonds. The van der Waals surface area contributed by atoms with E-state index >= 15 is 0 Å². The molecule has 0 aliphatic rings. The van der Waals surface area contributed by atoms with Crippen molar-refractivity contribution in [2.45, 2.75) is 27.7 Å². The molecule has 1 rings (SSSR count). The van der Waals surface area contributed by atoms with Gasteiger partial charge in [0.15, 0.2) is 0 Å². The van der Waals surface area contributed by atoms with E-state index in [0.29, 0.717) is 0 Å². The second kappa shape index (κ2) is 4.14. The number of hydrogen-bond acceptors (Lipinski definition) is 1. The lowest BCUT2D eigenvalue weighted by Crippen LogP contribution is -2.16. The molecule has 0 unspecified atom stereocenters. The minimum Gasteiger partial charge on any atom is -0.258 e. The summed E-state index contributed by atoms with van der Waals surface area (Å²) in [6, 6.07) is 7.57. The summed E-state index contributed by atoms with van der Waals surface area (Å²) in [5.74, 6) is 0. The van der Waals surface area contributed by atoms with Gasteiger partial charge in [-0.15, -0.1) is 0 Å². The summed E-state index contributed by atoms with van der Waals surface area (Å²) in [6.45, 7) is 8.51. The van der Waals surface area contributed by atoms with E-state index in [9.17, 15) is 0 Å². The predicted octanol–water partition coefficient (Wildman–Crippen LogP) is 4.48. The van der Waals surface area contributed by atoms with E-state index in [-0.39, 0.29) is 5.41 Å². The summed E-state index contributed by atoms with van der Waals surface area (Å²) in [6.07, 6.45) is 0. The maximum Gasteiger partial charge on any atom is 0.0630 e. The molecule has 0 saturated carbocycles. The first-order chi connectivity index (χ1) is 6.39. The Morgan fingerprint density at radius 3 is 2.07 bits per heavy atom. The van der Waals surface area contributed by atoms with Gasteiger partial charge >= 0.3 is 0 Å². The Kier molecular flexibility index (Phi) is 3.33. The lowest BCUT2D eigenvalue weighted by molar-refractivity contribution is 0.588. The molecule has 0 aliphatic carbocycles. The maximum atomic E-state index is 5.79. The summed E-state index contributed by atoms with van der Waals surface area (Å²) in [7, 11) is 0. The maximum absolute atomic E-state index is 5.79. The van der Waals surface area contributed by atoms with Crippen molar-refractivity contribution in [2.24, 2.45) is 10.4 Å². The van der Waals surface area contributed by atoms with Crippen molar-refractivity contribution in [1.82, 2.24) is 0 Å². The second-order valence-electron chi connectivity index (χ2n) is 4.42. The van der Waals surface area contributed by atoms with Crippen LogP contribution in [0.4, 0.5) is 5.69 Å². The molecule has 0 heterocycles. The van der Waals surface area contributed by atoms with Crippen LogP contribution in [0, 0.1) is 5.41 Å². The SMILES string of the molecule is CC(=Nc1ccc(Cl)cc1)C(C)(C)C. The molecular formula is C12H16ClN. The lowest BCUT2D eigenvalue weighted by Gasteiger charge is -2.17. The second-order valence-corrected chi connectivity index (χ2v) is 4.86. The number of benzene rings is 1. The highest BCUT2D eigenvalue weighted by Crippen LogP contribution is 2.21. The highest BCUT2D eigenvalue weighted by Gasteiger charge is 2.13. The molecule has 0 radical (unpaired) electrons. The van der Waals surface area contributed by atoms with Crippen LogP contribution < -0.4 is 0 Å². The summed E-state index contributed by atoms with van der Waals surface area (Å²) in [5, 5.41) is 0.748. The van der Waals surface area contributed by atoms with Crippen molar-refractivity contribution >= 4 is 23.0 Å². The molecule has 0 aliphatic heterocycles. The Balaban J connectivity index is 2.93. The molecular weight excluding hydrogens is 194 g/mol. The zero-order valence-electron chi connectivity index (χ0n) is 9.13. The van der Waals surface area contributed by atoms with Gasteiger partial charge in [0.1, 0.15) is 0 Å². The first-order valence-corrected chi connectivity index (χ1v) is 5.09. The van der Waals surface area contributed by atoms with Crippen molar-refractivity contribution in [3.05, 3.63) is 29.3 Å². The van der Waals surface area contributed by atoms with Crippen molar-refractivity contribution in [2.75, 3.05) is 0 Å². The molecule has 0 N–H and O–H groups in total. The van der Waals surface area contributed by atoms with Gasteiger partial charge < -0.3 is 0 Å². The van der Waals surface area contributed by atoms with Gasteiger partial charge in [-0.05, 0) is 36.6 Å². The average molecular weight is 210 g/mol. The topological polar surface area (TPSA) is 12.4 Å². The van der Waals surface area contributed by atoms with Crippen LogP contribution in [-0.4, -0.2) is 5.71 Å². The zero-order chi connectivity index (χ0) is 10.8. The smallest absolute Gasteiger partial charge is 0.0630 e. The molecule has 0 aromatic heterocycles. The first-order valence-electron chi connectivity index (χ1n) is 4.71. The molecule has 0 atom stereocenters. The van der Waals surface area contributed by atoms with Gasteiger partial charge in [-0.1, -0.05) is 32.4 Å². The molecule has 0 saturated heterocycles. The van der Waals surface area contributed by atoms with Crippen molar-refractivity contribution in [3.63, 3.8) is 0 Å². The Morgan fingerprint density at radius 2 is 1.64 bits per heavy atom. The van der Waals surface area contributed by atoms with Gasteiger partial charge in [-0.3, -0.25) is 4.99 Å². The highest BCUT2D eigenvalue weighted by molar-refractivity contribution is 6.30. The first kappa shape index (κ1) is 11.3. The van der Waals surface area contributed by atoms with Crippen LogP contribution in [0.15, 0.2) is 29.3 Å². The van der Waals surface area contributed by atoms with E-state index in [1.807, 2.05) is 24.3 Å². The molecule has 1 nitrogen and oxygen atoms in total. The normalized spacial score (nSPS) is 13.1. The monoisotopic (exact) mass is 209 g/mol. The molecule has 0 spiro atoms.